The van der Waals surface area contributed by atoms with Gasteiger partial charge in [0.25, 0.3) is 10.0 Å². The Labute approximate surface area is 165 Å². The highest BCUT2D eigenvalue weighted by molar-refractivity contribution is 8.22. The lowest BCUT2D eigenvalue weighted by molar-refractivity contribution is -0.131. The number of nitrogens with zero attached hydrogens (tertiary/aromatic N) is 1. The summed E-state index contributed by atoms with van der Waals surface area (Å²) in [5, 5.41) is 0. The Bertz CT molecular complexity index is 769. The van der Waals surface area contributed by atoms with Crippen LogP contribution in [-0.2, 0) is 14.8 Å². The number of thioether (sulfide) groups is 2. The predicted molar refractivity (Wildman–Crippen MR) is 112 cm³/mol. The highest BCUT2D eigenvalue weighted by Gasteiger charge is 2.37. The Morgan fingerprint density at radius 2 is 1.69 bits per heavy atom. The summed E-state index contributed by atoms with van der Waals surface area (Å²) in [6.45, 7) is 7.80. The summed E-state index contributed by atoms with van der Waals surface area (Å²) in [5.41, 5.74) is 0.598. The van der Waals surface area contributed by atoms with E-state index in [1.165, 1.54) is 7.05 Å². The molecule has 4 nitrogen and oxygen atoms in total. The molecule has 0 N–H and O–H groups in total. The second-order valence-corrected chi connectivity index (χ2v) is 12.0. The standard InChI is InChI=1S/C19H27NO3S3/c1-14-7-9-15(10-8-14)26(22,23)20(5)18(21)16(19(2,3)4)13-17-24-11-6-12-25-17/h7-10,13,16H,6,11-12H2,1-5H3. The topological polar surface area (TPSA) is 54.5 Å². The molecule has 0 spiro atoms. The van der Waals surface area contributed by atoms with E-state index < -0.39 is 21.8 Å². The van der Waals surface area contributed by atoms with Crippen molar-refractivity contribution in [1.29, 1.82) is 0 Å². The van der Waals surface area contributed by atoms with Gasteiger partial charge in [-0.05, 0) is 42.4 Å². The Morgan fingerprint density at radius 1 is 1.15 bits per heavy atom. The van der Waals surface area contributed by atoms with Crippen molar-refractivity contribution in [3.8, 4) is 0 Å². The van der Waals surface area contributed by atoms with Crippen molar-refractivity contribution in [3.63, 3.8) is 0 Å². The zero-order valence-corrected chi connectivity index (χ0v) is 18.4. The fraction of sp³-hybridized carbons (Fsp3) is 0.526. The Hall–Kier alpha value is -0.920. The monoisotopic (exact) mass is 413 g/mol. The first-order valence-corrected chi connectivity index (χ1v) is 12.0. The van der Waals surface area contributed by atoms with E-state index in [0.29, 0.717) is 0 Å². The average Bonchev–Trinajstić information content (AvgIpc) is 2.58. The van der Waals surface area contributed by atoms with Gasteiger partial charge in [0.2, 0.25) is 5.91 Å². The summed E-state index contributed by atoms with van der Waals surface area (Å²) >= 11 is 3.49. The van der Waals surface area contributed by atoms with E-state index in [2.05, 4.69) is 0 Å². The number of carbonyl (C=O) groups excluding carboxylic acids is 1. The molecule has 1 aromatic rings. The third-order valence-corrected chi connectivity index (χ3v) is 8.57. The second kappa shape index (κ2) is 8.40. The van der Waals surface area contributed by atoms with Crippen LogP contribution in [0.25, 0.3) is 0 Å². The lowest BCUT2D eigenvalue weighted by Gasteiger charge is -2.31. The number of amides is 1. The summed E-state index contributed by atoms with van der Waals surface area (Å²) in [6.07, 6.45) is 3.11. The SMILES string of the molecule is Cc1ccc(S(=O)(=O)N(C)C(=O)C(C=C2SCCCS2)C(C)(C)C)cc1. The van der Waals surface area contributed by atoms with Crippen LogP contribution >= 0.6 is 23.5 Å². The molecule has 1 aromatic carbocycles. The lowest BCUT2D eigenvalue weighted by atomic mass is 9.80. The maximum Gasteiger partial charge on any atom is 0.266 e. The number of aryl methyl sites for hydroxylation is 1. The van der Waals surface area contributed by atoms with Crippen LogP contribution in [0, 0.1) is 18.3 Å². The number of rotatable bonds is 4. The molecule has 1 unspecified atom stereocenters. The first kappa shape index (κ1) is 21.4. The van der Waals surface area contributed by atoms with Crippen LogP contribution in [0.1, 0.15) is 32.8 Å². The smallest absolute Gasteiger partial charge is 0.266 e. The molecule has 0 radical (unpaired) electrons. The molecule has 1 aliphatic heterocycles. The van der Waals surface area contributed by atoms with E-state index in [1.807, 2.05) is 33.8 Å². The quantitative estimate of drug-likeness (QED) is 0.727. The summed E-state index contributed by atoms with van der Waals surface area (Å²) in [4.78, 5) is 13.3. The van der Waals surface area contributed by atoms with Crippen LogP contribution in [0.2, 0.25) is 0 Å². The minimum absolute atomic E-state index is 0.140. The molecule has 0 aliphatic carbocycles. The molecule has 0 aromatic heterocycles. The molecular weight excluding hydrogens is 386 g/mol. The number of sulfonamides is 1. The normalized spacial score (nSPS) is 16.9. The van der Waals surface area contributed by atoms with Crippen molar-refractivity contribution < 1.29 is 13.2 Å². The molecule has 144 valence electrons. The molecule has 1 amide bonds. The Morgan fingerprint density at radius 3 is 2.19 bits per heavy atom. The van der Waals surface area contributed by atoms with E-state index >= 15 is 0 Å². The van der Waals surface area contributed by atoms with Gasteiger partial charge in [0.1, 0.15) is 0 Å². The van der Waals surface area contributed by atoms with Crippen LogP contribution in [0.4, 0.5) is 0 Å². The lowest BCUT2D eigenvalue weighted by Crippen LogP contribution is -2.41. The molecule has 1 atom stereocenters. The van der Waals surface area contributed by atoms with E-state index in [9.17, 15) is 13.2 Å². The third kappa shape index (κ3) is 5.08. The van der Waals surface area contributed by atoms with Gasteiger partial charge >= 0.3 is 0 Å². The molecule has 1 saturated heterocycles. The van der Waals surface area contributed by atoms with Gasteiger partial charge in [0, 0.05) is 11.3 Å². The zero-order valence-electron chi connectivity index (χ0n) is 16.0. The fourth-order valence-electron chi connectivity index (χ4n) is 2.55. The summed E-state index contributed by atoms with van der Waals surface area (Å²) in [6, 6.07) is 6.57. The average molecular weight is 414 g/mol. The number of benzene rings is 1. The van der Waals surface area contributed by atoms with Gasteiger partial charge in [0.15, 0.2) is 0 Å². The molecule has 1 heterocycles. The molecule has 0 saturated carbocycles. The van der Waals surface area contributed by atoms with Gasteiger partial charge in [-0.3, -0.25) is 4.79 Å². The van der Waals surface area contributed by atoms with E-state index in [4.69, 9.17) is 0 Å². The van der Waals surface area contributed by atoms with E-state index in [0.717, 1.165) is 32.0 Å². The molecule has 26 heavy (non-hydrogen) atoms. The van der Waals surface area contributed by atoms with Crippen LogP contribution in [0.5, 0.6) is 0 Å². The highest BCUT2D eigenvalue weighted by atomic mass is 32.2. The van der Waals surface area contributed by atoms with Crippen molar-refractivity contribution in [1.82, 2.24) is 4.31 Å². The summed E-state index contributed by atoms with van der Waals surface area (Å²) in [5.74, 6) is 1.20. The van der Waals surface area contributed by atoms with Gasteiger partial charge in [0.05, 0.1) is 10.8 Å². The van der Waals surface area contributed by atoms with Crippen molar-refractivity contribution in [2.45, 2.75) is 39.0 Å². The minimum atomic E-state index is -3.86. The van der Waals surface area contributed by atoms with Gasteiger partial charge < -0.3 is 0 Å². The number of carbonyl (C=O) groups is 1. The van der Waals surface area contributed by atoms with Crippen molar-refractivity contribution >= 4 is 39.5 Å². The molecule has 1 fully saturated rings. The van der Waals surface area contributed by atoms with Crippen LogP contribution in [-0.4, -0.2) is 37.2 Å². The Balaban J connectivity index is 2.33. The fourth-order valence-corrected chi connectivity index (χ4v) is 6.16. The molecule has 0 bridgehead atoms. The number of hydrogen-bond acceptors (Lipinski definition) is 5. The van der Waals surface area contributed by atoms with Crippen LogP contribution in [0.3, 0.4) is 0 Å². The molecular formula is C19H27NO3S3. The Kier molecular flexibility index (Phi) is 6.91. The van der Waals surface area contributed by atoms with Crippen LogP contribution < -0.4 is 0 Å². The first-order valence-electron chi connectivity index (χ1n) is 8.60. The predicted octanol–water partition coefficient (Wildman–Crippen LogP) is 4.52. The number of hydrogen-bond donors (Lipinski definition) is 0. The van der Waals surface area contributed by atoms with Gasteiger partial charge in [-0.2, -0.15) is 0 Å². The molecule has 7 heteroatoms. The maximum atomic E-state index is 13.1. The summed E-state index contributed by atoms with van der Waals surface area (Å²) < 4.78 is 27.8. The van der Waals surface area contributed by atoms with Crippen molar-refractivity contribution in [2.75, 3.05) is 18.6 Å². The van der Waals surface area contributed by atoms with E-state index in [1.54, 1.807) is 47.8 Å². The van der Waals surface area contributed by atoms with Gasteiger partial charge in [-0.15, -0.1) is 23.5 Å². The minimum Gasteiger partial charge on any atom is -0.273 e. The van der Waals surface area contributed by atoms with E-state index in [-0.39, 0.29) is 10.3 Å². The third-order valence-electron chi connectivity index (χ3n) is 4.27. The van der Waals surface area contributed by atoms with Crippen molar-refractivity contribution in [2.24, 2.45) is 11.3 Å². The summed E-state index contributed by atoms with van der Waals surface area (Å²) in [7, 11) is -2.50. The molecule has 1 aliphatic rings. The highest BCUT2D eigenvalue weighted by Crippen LogP contribution is 2.39. The van der Waals surface area contributed by atoms with Gasteiger partial charge in [-0.25, -0.2) is 12.7 Å². The largest absolute Gasteiger partial charge is 0.273 e. The first-order chi connectivity index (χ1) is 12.0. The maximum absolute atomic E-state index is 13.1. The molecule has 2 rings (SSSR count). The zero-order chi connectivity index (χ0) is 19.5. The van der Waals surface area contributed by atoms with Crippen LogP contribution in [0.15, 0.2) is 39.5 Å². The van der Waals surface area contributed by atoms with Gasteiger partial charge in [-0.1, -0.05) is 44.5 Å². The van der Waals surface area contributed by atoms with Crippen molar-refractivity contribution in [3.05, 3.63) is 40.1 Å². The second-order valence-electron chi connectivity index (χ2n) is 7.50.